The third-order valence-corrected chi connectivity index (χ3v) is 2.38. The minimum Gasteiger partial charge on any atom is -0.394 e. The predicted octanol–water partition coefficient (Wildman–Crippen LogP) is 0.309. The van der Waals surface area contributed by atoms with E-state index < -0.39 is 5.54 Å². The lowest BCUT2D eigenvalue weighted by molar-refractivity contribution is 0.212. The van der Waals surface area contributed by atoms with Crippen LogP contribution in [-0.4, -0.2) is 16.7 Å². The Morgan fingerprint density at radius 1 is 1.90 bits per heavy atom. The van der Waals surface area contributed by atoms with Gasteiger partial charge in [0, 0.05) is 11.1 Å². The van der Waals surface area contributed by atoms with E-state index in [1.807, 2.05) is 0 Å². The average Bonchev–Trinajstić information content (AvgIpc) is 2.38. The number of thiazole rings is 1. The van der Waals surface area contributed by atoms with Crippen molar-refractivity contribution < 1.29 is 5.11 Å². The number of hydrogen-bond acceptors (Lipinski definition) is 4. The summed E-state index contributed by atoms with van der Waals surface area (Å²) >= 11 is 1.46. The summed E-state index contributed by atoms with van der Waals surface area (Å²) in [6.07, 6.45) is 1.68. The van der Waals surface area contributed by atoms with Gasteiger partial charge in [-0.05, 0) is 6.92 Å². The molecule has 1 heterocycles. The Hall–Kier alpha value is -0.450. The van der Waals surface area contributed by atoms with Gasteiger partial charge in [-0.2, -0.15) is 0 Å². The van der Waals surface area contributed by atoms with Gasteiger partial charge in [-0.15, -0.1) is 11.3 Å². The van der Waals surface area contributed by atoms with E-state index in [9.17, 15) is 0 Å². The lowest BCUT2D eigenvalue weighted by Crippen LogP contribution is -2.35. The first-order valence-electron chi connectivity index (χ1n) is 2.95. The maximum Gasteiger partial charge on any atom is 0.0794 e. The molecule has 1 atom stereocenters. The molecule has 0 aliphatic carbocycles. The highest BCUT2D eigenvalue weighted by Crippen LogP contribution is 2.19. The molecule has 0 aliphatic heterocycles. The Morgan fingerprint density at radius 3 is 3.00 bits per heavy atom. The van der Waals surface area contributed by atoms with Crippen molar-refractivity contribution >= 4 is 11.3 Å². The Bertz CT molecular complexity index is 196. The molecule has 4 heteroatoms. The van der Waals surface area contributed by atoms with Crippen molar-refractivity contribution in [1.29, 1.82) is 0 Å². The van der Waals surface area contributed by atoms with Crippen molar-refractivity contribution in [3.05, 3.63) is 16.6 Å². The van der Waals surface area contributed by atoms with Crippen molar-refractivity contribution in [2.75, 3.05) is 6.61 Å². The van der Waals surface area contributed by atoms with Crippen molar-refractivity contribution in [2.45, 2.75) is 12.5 Å². The quantitative estimate of drug-likeness (QED) is 0.651. The van der Waals surface area contributed by atoms with E-state index in [1.54, 1.807) is 18.6 Å². The van der Waals surface area contributed by atoms with Gasteiger partial charge >= 0.3 is 0 Å². The zero-order chi connectivity index (χ0) is 7.61. The molecular weight excluding hydrogens is 148 g/mol. The summed E-state index contributed by atoms with van der Waals surface area (Å²) in [5.41, 5.74) is 6.78. The van der Waals surface area contributed by atoms with Gasteiger partial charge in [-0.1, -0.05) is 0 Å². The van der Waals surface area contributed by atoms with Crippen LogP contribution in [0.15, 0.2) is 11.7 Å². The molecule has 1 rings (SSSR count). The van der Waals surface area contributed by atoms with Crippen molar-refractivity contribution in [3.63, 3.8) is 0 Å². The summed E-state index contributed by atoms with van der Waals surface area (Å²) in [5.74, 6) is 0. The summed E-state index contributed by atoms with van der Waals surface area (Å²) < 4.78 is 0. The molecule has 0 saturated carbocycles. The molecule has 0 radical (unpaired) electrons. The highest BCUT2D eigenvalue weighted by Gasteiger charge is 2.20. The van der Waals surface area contributed by atoms with Crippen LogP contribution in [0.2, 0.25) is 0 Å². The van der Waals surface area contributed by atoms with E-state index >= 15 is 0 Å². The van der Waals surface area contributed by atoms with Gasteiger partial charge in [-0.3, -0.25) is 4.98 Å². The van der Waals surface area contributed by atoms with Crippen LogP contribution >= 0.6 is 11.3 Å². The lowest BCUT2D eigenvalue weighted by Gasteiger charge is -2.18. The van der Waals surface area contributed by atoms with Gasteiger partial charge in [0.05, 0.1) is 17.7 Å². The average molecular weight is 158 g/mol. The molecule has 3 N–H and O–H groups in total. The highest BCUT2D eigenvalue weighted by molar-refractivity contribution is 7.09. The smallest absolute Gasteiger partial charge is 0.0794 e. The topological polar surface area (TPSA) is 59.1 Å². The summed E-state index contributed by atoms with van der Waals surface area (Å²) in [6.45, 7) is 1.73. The van der Waals surface area contributed by atoms with E-state index in [4.69, 9.17) is 10.8 Å². The first-order chi connectivity index (χ1) is 4.67. The molecule has 0 bridgehead atoms. The summed E-state index contributed by atoms with van der Waals surface area (Å²) in [4.78, 5) is 4.78. The van der Waals surface area contributed by atoms with Crippen molar-refractivity contribution in [3.8, 4) is 0 Å². The molecule has 56 valence electrons. The normalized spacial score (nSPS) is 16.7. The fourth-order valence-electron chi connectivity index (χ4n) is 0.576. The fourth-order valence-corrected chi connectivity index (χ4v) is 1.27. The number of rotatable bonds is 2. The molecule has 1 aromatic rings. The number of nitrogens with zero attached hydrogens (tertiary/aromatic N) is 1. The summed E-state index contributed by atoms with van der Waals surface area (Å²) in [7, 11) is 0. The molecule has 0 saturated heterocycles. The minimum absolute atomic E-state index is 0.0464. The molecule has 0 spiro atoms. The Labute approximate surface area is 63.5 Å². The van der Waals surface area contributed by atoms with Crippen molar-refractivity contribution in [1.82, 2.24) is 4.98 Å². The van der Waals surface area contributed by atoms with Gasteiger partial charge in [0.2, 0.25) is 0 Å². The predicted molar refractivity (Wildman–Crippen MR) is 40.7 cm³/mol. The van der Waals surface area contributed by atoms with Crippen LogP contribution in [0, 0.1) is 0 Å². The SMILES string of the molecule is CC(N)(CO)c1cncs1. The molecule has 10 heavy (non-hydrogen) atoms. The molecule has 3 nitrogen and oxygen atoms in total. The van der Waals surface area contributed by atoms with Gasteiger partial charge in [-0.25, -0.2) is 0 Å². The van der Waals surface area contributed by atoms with E-state index in [0.717, 1.165) is 4.88 Å². The maximum atomic E-state index is 8.82. The Kier molecular flexibility index (Phi) is 2.03. The number of aliphatic hydroxyl groups excluding tert-OH is 1. The molecule has 0 amide bonds. The Balaban J connectivity index is 2.85. The maximum absolute atomic E-state index is 8.82. The zero-order valence-corrected chi connectivity index (χ0v) is 6.56. The van der Waals surface area contributed by atoms with Gasteiger partial charge in [0.1, 0.15) is 0 Å². The zero-order valence-electron chi connectivity index (χ0n) is 5.74. The molecule has 1 unspecified atom stereocenters. The molecular formula is C6H10N2OS. The van der Waals surface area contributed by atoms with Crippen LogP contribution in [0.1, 0.15) is 11.8 Å². The first-order valence-corrected chi connectivity index (χ1v) is 3.83. The first kappa shape index (κ1) is 7.65. The monoisotopic (exact) mass is 158 g/mol. The number of aromatic nitrogens is 1. The number of aliphatic hydroxyl groups is 1. The van der Waals surface area contributed by atoms with Crippen LogP contribution in [0.5, 0.6) is 0 Å². The lowest BCUT2D eigenvalue weighted by atomic mass is 10.1. The standard InChI is InChI=1S/C6H10N2OS/c1-6(7,3-9)5-2-8-4-10-5/h2,4,9H,3,7H2,1H3. The molecule has 0 fully saturated rings. The van der Waals surface area contributed by atoms with Gasteiger partial charge in [0.25, 0.3) is 0 Å². The van der Waals surface area contributed by atoms with E-state index in [0.29, 0.717) is 0 Å². The van der Waals surface area contributed by atoms with Crippen LogP contribution in [0.4, 0.5) is 0 Å². The second-order valence-corrected chi connectivity index (χ2v) is 3.33. The minimum atomic E-state index is -0.624. The van der Waals surface area contributed by atoms with E-state index in [1.165, 1.54) is 11.3 Å². The van der Waals surface area contributed by atoms with Gasteiger partial charge in [0.15, 0.2) is 0 Å². The van der Waals surface area contributed by atoms with Crippen LogP contribution in [-0.2, 0) is 5.54 Å². The summed E-state index contributed by atoms with van der Waals surface area (Å²) in [5, 5.41) is 8.82. The van der Waals surface area contributed by atoms with Crippen LogP contribution < -0.4 is 5.73 Å². The largest absolute Gasteiger partial charge is 0.394 e. The third-order valence-electron chi connectivity index (χ3n) is 1.32. The molecule has 0 aromatic carbocycles. The highest BCUT2D eigenvalue weighted by atomic mass is 32.1. The van der Waals surface area contributed by atoms with Crippen molar-refractivity contribution in [2.24, 2.45) is 5.73 Å². The molecule has 1 aromatic heterocycles. The van der Waals surface area contributed by atoms with Crippen LogP contribution in [0.25, 0.3) is 0 Å². The fraction of sp³-hybridized carbons (Fsp3) is 0.500. The number of nitrogens with two attached hydrogens (primary N) is 1. The van der Waals surface area contributed by atoms with Crippen LogP contribution in [0.3, 0.4) is 0 Å². The van der Waals surface area contributed by atoms with E-state index in [2.05, 4.69) is 4.98 Å². The Morgan fingerprint density at radius 2 is 2.60 bits per heavy atom. The molecule has 0 aliphatic rings. The summed E-state index contributed by atoms with van der Waals surface area (Å²) in [6, 6.07) is 0. The second kappa shape index (κ2) is 2.65. The third kappa shape index (κ3) is 1.34. The second-order valence-electron chi connectivity index (χ2n) is 2.44. The van der Waals surface area contributed by atoms with Gasteiger partial charge < -0.3 is 10.8 Å². The van der Waals surface area contributed by atoms with E-state index in [-0.39, 0.29) is 6.61 Å². The number of hydrogen-bond donors (Lipinski definition) is 2.